The highest BCUT2D eigenvalue weighted by Gasteiger charge is 2.03. The number of hydrogen-bond donors (Lipinski definition) is 1. The number of nitrogens with one attached hydrogen (secondary N) is 1. The van der Waals surface area contributed by atoms with E-state index in [1.54, 1.807) is 18.9 Å². The molecular weight excluding hydrogens is 362 g/mol. The molecule has 0 bridgehead atoms. The van der Waals surface area contributed by atoms with Gasteiger partial charge in [-0.2, -0.15) is 11.8 Å². The van der Waals surface area contributed by atoms with Gasteiger partial charge in [0.2, 0.25) is 5.91 Å². The van der Waals surface area contributed by atoms with E-state index in [4.69, 9.17) is 16.3 Å². The Hall–Kier alpha value is -1.30. The van der Waals surface area contributed by atoms with Crippen molar-refractivity contribution in [3.8, 4) is 5.75 Å². The van der Waals surface area contributed by atoms with Crippen molar-refractivity contribution < 1.29 is 9.53 Å². The van der Waals surface area contributed by atoms with Crippen LogP contribution in [0.3, 0.4) is 0 Å². The van der Waals surface area contributed by atoms with Crippen molar-refractivity contribution in [2.75, 3.05) is 25.2 Å². The molecule has 128 valence electrons. The van der Waals surface area contributed by atoms with Crippen LogP contribution in [0, 0.1) is 0 Å². The van der Waals surface area contributed by atoms with Gasteiger partial charge in [-0.3, -0.25) is 4.79 Å². The first-order valence-corrected chi connectivity index (χ1v) is 10.0. The molecular formula is C18H20ClNO2S2. The second-order valence-corrected chi connectivity index (χ2v) is 7.58. The van der Waals surface area contributed by atoms with Crippen molar-refractivity contribution in [1.82, 2.24) is 5.32 Å². The largest absolute Gasteiger partial charge is 0.497 e. The molecule has 0 unspecified atom stereocenters. The molecule has 0 aromatic heterocycles. The van der Waals surface area contributed by atoms with Crippen molar-refractivity contribution in [3.63, 3.8) is 0 Å². The summed E-state index contributed by atoms with van der Waals surface area (Å²) in [6, 6.07) is 15.6. The monoisotopic (exact) mass is 381 g/mol. The number of hydrogen-bond acceptors (Lipinski definition) is 4. The Balaban J connectivity index is 1.56. The van der Waals surface area contributed by atoms with Gasteiger partial charge < -0.3 is 10.1 Å². The maximum atomic E-state index is 11.8. The average Bonchev–Trinajstić information content (AvgIpc) is 2.61. The van der Waals surface area contributed by atoms with Crippen molar-refractivity contribution in [3.05, 3.63) is 59.1 Å². The van der Waals surface area contributed by atoms with Crippen molar-refractivity contribution in [1.29, 1.82) is 0 Å². The average molecular weight is 382 g/mol. The Morgan fingerprint density at radius 1 is 1.12 bits per heavy atom. The van der Waals surface area contributed by atoms with Gasteiger partial charge in [0.1, 0.15) is 5.75 Å². The van der Waals surface area contributed by atoms with Crippen LogP contribution >= 0.6 is 35.1 Å². The van der Waals surface area contributed by atoms with Gasteiger partial charge in [0.25, 0.3) is 0 Å². The van der Waals surface area contributed by atoms with Crippen LogP contribution in [0.25, 0.3) is 0 Å². The molecule has 0 saturated carbocycles. The maximum Gasteiger partial charge on any atom is 0.230 e. The van der Waals surface area contributed by atoms with Crippen LogP contribution in [0.2, 0.25) is 5.02 Å². The number of carbonyl (C=O) groups is 1. The van der Waals surface area contributed by atoms with Crippen molar-refractivity contribution >= 4 is 41.0 Å². The SMILES string of the molecule is COc1ccc(SCC(=O)NCCSCc2ccc(Cl)cc2)cc1. The molecule has 0 spiro atoms. The number of carbonyl (C=O) groups excluding carboxylic acids is 1. The molecule has 0 saturated heterocycles. The van der Waals surface area contributed by atoms with Crippen LogP contribution in [0.5, 0.6) is 5.75 Å². The van der Waals surface area contributed by atoms with E-state index >= 15 is 0 Å². The number of amides is 1. The van der Waals surface area contributed by atoms with Crippen LogP contribution in [0.4, 0.5) is 0 Å². The van der Waals surface area contributed by atoms with E-state index in [1.807, 2.05) is 48.5 Å². The summed E-state index contributed by atoms with van der Waals surface area (Å²) in [4.78, 5) is 12.9. The van der Waals surface area contributed by atoms with E-state index in [0.29, 0.717) is 12.3 Å². The zero-order valence-corrected chi connectivity index (χ0v) is 15.8. The quantitative estimate of drug-likeness (QED) is 0.513. The lowest BCUT2D eigenvalue weighted by atomic mass is 10.2. The molecule has 0 radical (unpaired) electrons. The highest BCUT2D eigenvalue weighted by Crippen LogP contribution is 2.21. The van der Waals surface area contributed by atoms with Gasteiger partial charge in [0.15, 0.2) is 0 Å². The van der Waals surface area contributed by atoms with Gasteiger partial charge in [-0.1, -0.05) is 23.7 Å². The summed E-state index contributed by atoms with van der Waals surface area (Å²) < 4.78 is 5.11. The first-order valence-electron chi connectivity index (χ1n) is 7.53. The Morgan fingerprint density at radius 3 is 2.50 bits per heavy atom. The van der Waals surface area contributed by atoms with Gasteiger partial charge in [0, 0.05) is 28.0 Å². The molecule has 0 atom stereocenters. The first-order chi connectivity index (χ1) is 11.7. The summed E-state index contributed by atoms with van der Waals surface area (Å²) >= 11 is 9.17. The Bertz CT molecular complexity index is 632. The summed E-state index contributed by atoms with van der Waals surface area (Å²) in [5.74, 6) is 3.12. The van der Waals surface area contributed by atoms with Crippen LogP contribution in [0.15, 0.2) is 53.4 Å². The molecule has 1 amide bonds. The fourth-order valence-corrected chi connectivity index (χ4v) is 3.58. The first kappa shape index (κ1) is 19.0. The predicted octanol–water partition coefficient (Wildman–Crippen LogP) is 4.49. The molecule has 2 rings (SSSR count). The third-order valence-electron chi connectivity index (χ3n) is 3.18. The zero-order chi connectivity index (χ0) is 17.2. The highest BCUT2D eigenvalue weighted by molar-refractivity contribution is 8.00. The van der Waals surface area contributed by atoms with E-state index < -0.39 is 0 Å². The Kier molecular flexibility index (Phi) is 8.36. The Morgan fingerprint density at radius 2 is 1.83 bits per heavy atom. The summed E-state index contributed by atoms with van der Waals surface area (Å²) in [6.07, 6.45) is 0. The lowest BCUT2D eigenvalue weighted by Gasteiger charge is -2.06. The minimum Gasteiger partial charge on any atom is -0.497 e. The summed E-state index contributed by atoms with van der Waals surface area (Å²) in [5, 5.41) is 3.70. The van der Waals surface area contributed by atoms with Gasteiger partial charge in [-0.15, -0.1) is 11.8 Å². The zero-order valence-electron chi connectivity index (χ0n) is 13.5. The molecule has 2 aromatic carbocycles. The summed E-state index contributed by atoms with van der Waals surface area (Å²) in [5.41, 5.74) is 1.24. The van der Waals surface area contributed by atoms with E-state index in [1.165, 1.54) is 17.3 Å². The number of benzene rings is 2. The van der Waals surface area contributed by atoms with E-state index in [-0.39, 0.29) is 5.91 Å². The van der Waals surface area contributed by atoms with E-state index in [2.05, 4.69) is 5.32 Å². The lowest BCUT2D eigenvalue weighted by Crippen LogP contribution is -2.27. The van der Waals surface area contributed by atoms with Gasteiger partial charge in [-0.25, -0.2) is 0 Å². The lowest BCUT2D eigenvalue weighted by molar-refractivity contribution is -0.118. The van der Waals surface area contributed by atoms with E-state index in [0.717, 1.165) is 27.2 Å². The molecule has 0 aliphatic heterocycles. The molecule has 0 heterocycles. The number of halogens is 1. The highest BCUT2D eigenvalue weighted by atomic mass is 35.5. The maximum absolute atomic E-state index is 11.8. The van der Waals surface area contributed by atoms with Crippen LogP contribution in [-0.2, 0) is 10.5 Å². The number of rotatable bonds is 9. The summed E-state index contributed by atoms with van der Waals surface area (Å²) in [6.45, 7) is 0.681. The van der Waals surface area contributed by atoms with Crippen molar-refractivity contribution in [2.24, 2.45) is 0 Å². The summed E-state index contributed by atoms with van der Waals surface area (Å²) in [7, 11) is 1.64. The van der Waals surface area contributed by atoms with Crippen LogP contribution < -0.4 is 10.1 Å². The third kappa shape index (κ3) is 7.07. The minimum absolute atomic E-state index is 0.0583. The third-order valence-corrected chi connectivity index (χ3v) is 5.47. The smallest absolute Gasteiger partial charge is 0.230 e. The van der Waals surface area contributed by atoms with Gasteiger partial charge >= 0.3 is 0 Å². The predicted molar refractivity (Wildman–Crippen MR) is 104 cm³/mol. The van der Waals surface area contributed by atoms with Crippen LogP contribution in [-0.4, -0.2) is 31.1 Å². The molecule has 2 aromatic rings. The topological polar surface area (TPSA) is 38.3 Å². The molecule has 0 fully saturated rings. The second-order valence-electron chi connectivity index (χ2n) is 4.99. The van der Waals surface area contributed by atoms with Crippen LogP contribution in [0.1, 0.15) is 5.56 Å². The van der Waals surface area contributed by atoms with Crippen molar-refractivity contribution in [2.45, 2.75) is 10.6 Å². The standard InChI is InChI=1S/C18H20ClNO2S2/c1-22-16-6-8-17(9-7-16)24-13-18(21)20-10-11-23-12-14-2-4-15(19)5-3-14/h2-9H,10-13H2,1H3,(H,20,21). The fraction of sp³-hybridized carbons (Fsp3) is 0.278. The van der Waals surface area contributed by atoms with Gasteiger partial charge in [0.05, 0.1) is 12.9 Å². The van der Waals surface area contributed by atoms with E-state index in [9.17, 15) is 4.79 Å². The molecule has 1 N–H and O–H groups in total. The molecule has 6 heteroatoms. The number of ether oxygens (including phenoxy) is 1. The Labute approximate surface area is 156 Å². The molecule has 24 heavy (non-hydrogen) atoms. The normalized spacial score (nSPS) is 10.4. The second kappa shape index (κ2) is 10.5. The van der Waals surface area contributed by atoms with Gasteiger partial charge in [-0.05, 0) is 42.0 Å². The fourth-order valence-electron chi connectivity index (χ4n) is 1.91. The molecule has 3 nitrogen and oxygen atoms in total. The molecule has 0 aliphatic carbocycles. The number of thioether (sulfide) groups is 2. The minimum atomic E-state index is 0.0583. The number of methoxy groups -OCH3 is 1. The molecule has 0 aliphatic rings.